The molecule has 2 aromatic rings. The highest BCUT2D eigenvalue weighted by Crippen LogP contribution is 2.51. The third kappa shape index (κ3) is 8.04. The average Bonchev–Trinajstić information content (AvgIpc) is 2.80. The van der Waals surface area contributed by atoms with E-state index in [1.807, 2.05) is 71.0 Å². The van der Waals surface area contributed by atoms with Crippen molar-refractivity contribution in [3.63, 3.8) is 0 Å². The highest BCUT2D eigenvalue weighted by atomic mass is 79.9. The Labute approximate surface area is 240 Å². The van der Waals surface area contributed by atoms with E-state index in [0.717, 1.165) is 21.2 Å². The van der Waals surface area contributed by atoms with Gasteiger partial charge in [0.15, 0.2) is 0 Å². The molecule has 0 saturated heterocycles. The Bertz CT molecular complexity index is 1090. The number of Topliss-reactive ketones (excluding diaryl/α,β-unsaturated/α-hetero) is 1. The van der Waals surface area contributed by atoms with Crippen LogP contribution in [0.15, 0.2) is 53.0 Å². The number of ketones is 1. The van der Waals surface area contributed by atoms with E-state index in [9.17, 15) is 9.59 Å². The summed E-state index contributed by atoms with van der Waals surface area (Å²) in [4.78, 5) is 27.5. The predicted octanol–water partition coefficient (Wildman–Crippen LogP) is 9.29. The van der Waals surface area contributed by atoms with Crippen LogP contribution in [-0.4, -0.2) is 25.6 Å². The molecule has 0 heterocycles. The molecule has 210 valence electrons. The molecule has 38 heavy (non-hydrogen) atoms. The number of nitrogens with one attached hydrogen (secondary N) is 1. The Hall–Kier alpha value is -1.92. The van der Waals surface area contributed by atoms with Crippen molar-refractivity contribution in [1.29, 1.82) is 0 Å². The van der Waals surface area contributed by atoms with E-state index in [0.29, 0.717) is 12.3 Å². The van der Waals surface area contributed by atoms with E-state index in [1.54, 1.807) is 0 Å². The second kappa shape index (κ2) is 12.5. The molecule has 0 bridgehead atoms. The third-order valence-corrected chi connectivity index (χ3v) is 15.4. The molecule has 2 rings (SSSR count). The first-order chi connectivity index (χ1) is 17.4. The minimum Gasteiger partial charge on any atom is -0.444 e. The number of benzene rings is 2. The lowest BCUT2D eigenvalue weighted by Gasteiger charge is -2.48. The predicted molar refractivity (Wildman–Crippen MR) is 165 cm³/mol. The topological polar surface area (TPSA) is 55.4 Å². The summed E-state index contributed by atoms with van der Waals surface area (Å²) in [6, 6.07) is 15.9. The van der Waals surface area contributed by atoms with Crippen LogP contribution in [0.25, 0.3) is 0 Å². The van der Waals surface area contributed by atoms with Crippen LogP contribution in [0.4, 0.5) is 4.79 Å². The van der Waals surface area contributed by atoms with Gasteiger partial charge in [-0.2, -0.15) is 0 Å². The Morgan fingerprint density at radius 3 is 1.92 bits per heavy atom. The number of hydrogen-bond acceptors (Lipinski definition) is 3. The molecule has 1 amide bonds. The molecule has 0 aliphatic heterocycles. The maximum Gasteiger partial charge on any atom is 0.408 e. The van der Waals surface area contributed by atoms with Gasteiger partial charge in [-0.15, -0.1) is 0 Å². The maximum absolute atomic E-state index is 14.6. The van der Waals surface area contributed by atoms with E-state index >= 15 is 0 Å². The number of ether oxygens (including phenoxy) is 1. The Morgan fingerprint density at radius 2 is 1.45 bits per heavy atom. The minimum atomic E-state index is -2.18. The molecule has 0 saturated carbocycles. The molecule has 0 aromatic heterocycles. The van der Waals surface area contributed by atoms with Crippen LogP contribution >= 0.6 is 15.9 Å². The van der Waals surface area contributed by atoms with E-state index < -0.39 is 31.7 Å². The first kappa shape index (κ1) is 32.3. The summed E-state index contributed by atoms with van der Waals surface area (Å²) >= 11 is 3.54. The van der Waals surface area contributed by atoms with Crippen molar-refractivity contribution in [3.05, 3.63) is 69.7 Å². The van der Waals surface area contributed by atoms with Gasteiger partial charge >= 0.3 is 6.09 Å². The van der Waals surface area contributed by atoms with Gasteiger partial charge in [0.25, 0.3) is 0 Å². The van der Waals surface area contributed by atoms with Crippen LogP contribution in [-0.2, 0) is 16.0 Å². The van der Waals surface area contributed by atoms with E-state index in [-0.39, 0.29) is 16.4 Å². The summed E-state index contributed by atoms with van der Waals surface area (Å²) in [5.41, 5.74) is 2.45. The Morgan fingerprint density at radius 1 is 0.921 bits per heavy atom. The van der Waals surface area contributed by atoms with Gasteiger partial charge in [-0.1, -0.05) is 106 Å². The molecular formula is C32H48BrNO3Si. The molecular weight excluding hydrogens is 554 g/mol. The van der Waals surface area contributed by atoms with Crippen LogP contribution < -0.4 is 5.32 Å². The van der Waals surface area contributed by atoms with E-state index in [1.165, 1.54) is 0 Å². The van der Waals surface area contributed by atoms with Gasteiger partial charge in [0.05, 0.1) is 14.1 Å². The van der Waals surface area contributed by atoms with Crippen molar-refractivity contribution in [3.8, 4) is 0 Å². The number of halogens is 1. The monoisotopic (exact) mass is 601 g/mol. The first-order valence-corrected chi connectivity index (χ1v) is 17.6. The zero-order valence-corrected chi connectivity index (χ0v) is 27.8. The zero-order valence-electron chi connectivity index (χ0n) is 25.2. The van der Waals surface area contributed by atoms with Gasteiger partial charge in [-0.25, -0.2) is 4.79 Å². The maximum atomic E-state index is 14.6. The molecule has 3 atom stereocenters. The summed E-state index contributed by atoms with van der Waals surface area (Å²) < 4.78 is 6.63. The SMILES string of the molecule is Cc1ccc([C@@H](NC(=O)OC(C)(C)C)[C@@H](C)C(=O)[C@H](Cc2ccc(Br)cc2)[Si](C)(C)C(C)(C)C(C)C)cc1. The normalized spacial score (nSPS) is 15.1. The number of hydrogen-bond donors (Lipinski definition) is 1. The van der Waals surface area contributed by atoms with Gasteiger partial charge in [-0.3, -0.25) is 4.79 Å². The van der Waals surface area contributed by atoms with Crippen molar-refractivity contribution in [2.75, 3.05) is 0 Å². The van der Waals surface area contributed by atoms with E-state index in [4.69, 9.17) is 4.74 Å². The van der Waals surface area contributed by atoms with Crippen LogP contribution in [0.5, 0.6) is 0 Å². The van der Waals surface area contributed by atoms with Gasteiger partial charge in [0, 0.05) is 15.9 Å². The molecule has 0 aliphatic carbocycles. The lowest BCUT2D eigenvalue weighted by molar-refractivity contribution is -0.123. The smallest absolute Gasteiger partial charge is 0.408 e. The molecule has 0 spiro atoms. The molecule has 2 aromatic carbocycles. The van der Waals surface area contributed by atoms with Crippen molar-refractivity contribution >= 4 is 35.9 Å². The number of carbonyl (C=O) groups is 2. The standard InChI is InChI=1S/C32H48BrNO3Si/c1-21(2)32(8,9)38(10,11)27(20-24-14-18-26(33)19-15-24)29(35)23(4)28(25-16-12-22(3)13-17-25)34-30(36)37-31(5,6)7/h12-19,21,23,27-28H,20H2,1-11H3,(H,34,36)/t23-,27+,28+/m1/s1. The van der Waals surface area contributed by atoms with E-state index in [2.05, 4.69) is 74.2 Å². The summed E-state index contributed by atoms with van der Waals surface area (Å²) in [6.07, 6.45) is 0.185. The Balaban J connectivity index is 2.55. The molecule has 4 nitrogen and oxygen atoms in total. The van der Waals surface area contributed by atoms with Crippen LogP contribution in [0, 0.1) is 18.8 Å². The molecule has 0 unspecified atom stereocenters. The number of alkyl carbamates (subject to hydrolysis) is 1. The molecule has 6 heteroatoms. The van der Waals surface area contributed by atoms with Gasteiger partial charge in [-0.05, 0) is 68.3 Å². The summed E-state index contributed by atoms with van der Waals surface area (Å²) in [7, 11) is -2.18. The lowest BCUT2D eigenvalue weighted by Crippen LogP contribution is -2.51. The quantitative estimate of drug-likeness (QED) is 0.276. The second-order valence-electron chi connectivity index (χ2n) is 13.2. The van der Waals surface area contributed by atoms with Gasteiger partial charge < -0.3 is 10.1 Å². The fourth-order valence-corrected chi connectivity index (χ4v) is 9.32. The van der Waals surface area contributed by atoms with Crippen LogP contribution in [0.2, 0.25) is 23.7 Å². The second-order valence-corrected chi connectivity index (χ2v) is 19.6. The number of carbonyl (C=O) groups excluding carboxylic acids is 2. The molecule has 0 radical (unpaired) electrons. The largest absolute Gasteiger partial charge is 0.444 e. The summed E-state index contributed by atoms with van der Waals surface area (Å²) in [5.74, 6) is 0.216. The Kier molecular flexibility index (Phi) is 10.6. The highest BCUT2D eigenvalue weighted by molar-refractivity contribution is 9.10. The molecule has 0 aliphatic rings. The van der Waals surface area contributed by atoms with Crippen LogP contribution in [0.3, 0.4) is 0 Å². The van der Waals surface area contributed by atoms with Gasteiger partial charge in [0.2, 0.25) is 0 Å². The molecule has 0 fully saturated rings. The summed E-state index contributed by atoms with van der Waals surface area (Å²) in [6.45, 7) is 23.4. The van der Waals surface area contributed by atoms with Crippen molar-refractivity contribution < 1.29 is 14.3 Å². The average molecular weight is 603 g/mol. The minimum absolute atomic E-state index is 0.0281. The van der Waals surface area contributed by atoms with Crippen molar-refractivity contribution in [2.45, 2.75) is 104 Å². The van der Waals surface area contributed by atoms with Gasteiger partial charge in [0.1, 0.15) is 11.4 Å². The number of amides is 1. The third-order valence-electron chi connectivity index (χ3n) is 8.73. The molecule has 1 N–H and O–H groups in total. The summed E-state index contributed by atoms with van der Waals surface area (Å²) in [5, 5.41) is 3.08. The fraction of sp³-hybridized carbons (Fsp3) is 0.562. The van der Waals surface area contributed by atoms with Crippen molar-refractivity contribution in [2.24, 2.45) is 11.8 Å². The fourth-order valence-electron chi connectivity index (χ4n) is 4.95. The number of rotatable bonds is 10. The number of aryl methyl sites for hydroxylation is 1. The highest BCUT2D eigenvalue weighted by Gasteiger charge is 2.50. The zero-order chi connectivity index (χ0) is 29.1. The van der Waals surface area contributed by atoms with Crippen LogP contribution in [0.1, 0.15) is 78.1 Å². The van der Waals surface area contributed by atoms with Crippen molar-refractivity contribution in [1.82, 2.24) is 5.32 Å². The first-order valence-electron chi connectivity index (χ1n) is 13.7. The lowest BCUT2D eigenvalue weighted by atomic mass is 9.88.